The van der Waals surface area contributed by atoms with Crippen molar-refractivity contribution in [2.45, 2.75) is 26.4 Å². The van der Waals surface area contributed by atoms with Crippen LogP contribution in [-0.2, 0) is 26.6 Å². The first-order chi connectivity index (χ1) is 8.31. The monoisotopic (exact) mass is 228 g/mol. The molecule has 0 aliphatic carbocycles. The van der Waals surface area contributed by atoms with E-state index in [0.717, 1.165) is 19.5 Å². The maximum atomic E-state index is 3.48. The Morgan fingerprint density at radius 2 is 1.65 bits per heavy atom. The van der Waals surface area contributed by atoms with Crippen LogP contribution in [0.25, 0.3) is 0 Å². The summed E-state index contributed by atoms with van der Waals surface area (Å²) in [6, 6.07) is 14.9. The fourth-order valence-electron chi connectivity index (χ4n) is 2.06. The summed E-state index contributed by atoms with van der Waals surface area (Å²) in [5.74, 6) is 0. The summed E-state index contributed by atoms with van der Waals surface area (Å²) in [6.45, 7) is 4.04. The highest BCUT2D eigenvalue weighted by Gasteiger charge is 2.02. The topological polar surface area (TPSA) is 17.0 Å². The lowest BCUT2D eigenvalue weighted by Gasteiger charge is -2.08. The molecule has 2 rings (SSSR count). The van der Waals surface area contributed by atoms with Crippen molar-refractivity contribution in [2.75, 3.05) is 0 Å². The second-order valence-electron chi connectivity index (χ2n) is 4.32. The van der Waals surface area contributed by atoms with Gasteiger partial charge in [0.25, 0.3) is 0 Å². The molecule has 0 fully saturated rings. The fraction of sp³-hybridized carbons (Fsp3) is 0.333. The van der Waals surface area contributed by atoms with E-state index in [9.17, 15) is 0 Å². The Hall–Kier alpha value is -1.54. The number of aromatic nitrogens is 1. The first kappa shape index (κ1) is 11.9. The van der Waals surface area contributed by atoms with Crippen molar-refractivity contribution >= 4 is 0 Å². The van der Waals surface area contributed by atoms with Gasteiger partial charge in [-0.15, -0.1) is 0 Å². The number of nitrogens with zero attached hydrogens (tertiary/aromatic N) is 1. The molecule has 0 spiro atoms. The molecule has 1 N–H and O–H groups in total. The van der Waals surface area contributed by atoms with Crippen LogP contribution >= 0.6 is 0 Å². The average Bonchev–Trinajstić information content (AvgIpc) is 2.72. The van der Waals surface area contributed by atoms with Gasteiger partial charge in [0.15, 0.2) is 0 Å². The van der Waals surface area contributed by atoms with Gasteiger partial charge in [-0.1, -0.05) is 37.3 Å². The van der Waals surface area contributed by atoms with Gasteiger partial charge in [-0.2, -0.15) is 0 Å². The van der Waals surface area contributed by atoms with Gasteiger partial charge in [0, 0.05) is 31.5 Å². The Morgan fingerprint density at radius 3 is 2.29 bits per heavy atom. The summed E-state index contributed by atoms with van der Waals surface area (Å²) < 4.78 is 2.28. The molecule has 0 atom stereocenters. The van der Waals surface area contributed by atoms with E-state index in [4.69, 9.17) is 0 Å². The number of hydrogen-bond acceptors (Lipinski definition) is 1. The Morgan fingerprint density at radius 1 is 0.941 bits per heavy atom. The smallest absolute Gasteiger partial charge is 0.0362 e. The SMILES string of the molecule is CCc1ccc(CNCc2ccccc2)n1C. The third-order valence-corrected chi connectivity index (χ3v) is 3.17. The minimum Gasteiger partial charge on any atom is -0.350 e. The summed E-state index contributed by atoms with van der Waals surface area (Å²) in [6.07, 6.45) is 1.09. The zero-order chi connectivity index (χ0) is 12.1. The van der Waals surface area contributed by atoms with Crippen LogP contribution in [0, 0.1) is 0 Å². The number of aryl methyl sites for hydroxylation is 1. The standard InChI is InChI=1S/C15H20N2/c1-3-14-9-10-15(17(14)2)12-16-11-13-7-5-4-6-8-13/h4-10,16H,3,11-12H2,1-2H3. The molecule has 0 aliphatic heterocycles. The predicted molar refractivity (Wildman–Crippen MR) is 71.8 cm³/mol. The maximum absolute atomic E-state index is 3.48. The van der Waals surface area contributed by atoms with E-state index in [0.29, 0.717) is 0 Å². The van der Waals surface area contributed by atoms with Crippen LogP contribution < -0.4 is 5.32 Å². The molecule has 0 bridgehead atoms. The zero-order valence-corrected chi connectivity index (χ0v) is 10.6. The Bertz CT molecular complexity index is 457. The zero-order valence-electron chi connectivity index (χ0n) is 10.6. The largest absolute Gasteiger partial charge is 0.350 e. The quantitative estimate of drug-likeness (QED) is 0.832. The molecule has 2 nitrogen and oxygen atoms in total. The van der Waals surface area contributed by atoms with Crippen LogP contribution in [0.4, 0.5) is 0 Å². The number of rotatable bonds is 5. The Balaban J connectivity index is 1.88. The molecule has 2 aromatic rings. The van der Waals surface area contributed by atoms with E-state index in [1.54, 1.807) is 0 Å². The summed E-state index contributed by atoms with van der Waals surface area (Å²) in [5, 5.41) is 3.48. The van der Waals surface area contributed by atoms with Crippen LogP contribution in [-0.4, -0.2) is 4.57 Å². The number of hydrogen-bond donors (Lipinski definition) is 1. The normalized spacial score (nSPS) is 10.7. The molecule has 0 saturated heterocycles. The number of benzene rings is 1. The van der Waals surface area contributed by atoms with Gasteiger partial charge in [0.1, 0.15) is 0 Å². The van der Waals surface area contributed by atoms with Crippen LogP contribution in [0.3, 0.4) is 0 Å². The molecule has 0 aliphatic rings. The number of nitrogens with one attached hydrogen (secondary N) is 1. The fourth-order valence-corrected chi connectivity index (χ4v) is 2.06. The second-order valence-corrected chi connectivity index (χ2v) is 4.32. The predicted octanol–water partition coefficient (Wildman–Crippen LogP) is 2.88. The lowest BCUT2D eigenvalue weighted by Crippen LogP contribution is -2.15. The summed E-state index contributed by atoms with van der Waals surface area (Å²) in [5.41, 5.74) is 4.07. The maximum Gasteiger partial charge on any atom is 0.0362 e. The van der Waals surface area contributed by atoms with Gasteiger partial charge in [0.2, 0.25) is 0 Å². The van der Waals surface area contributed by atoms with E-state index in [1.807, 2.05) is 6.07 Å². The molecule has 17 heavy (non-hydrogen) atoms. The van der Waals surface area contributed by atoms with Gasteiger partial charge in [-0.05, 0) is 24.1 Å². The molecule has 0 unspecified atom stereocenters. The van der Waals surface area contributed by atoms with E-state index in [-0.39, 0.29) is 0 Å². The Labute approximate surface area is 103 Å². The van der Waals surface area contributed by atoms with E-state index < -0.39 is 0 Å². The van der Waals surface area contributed by atoms with Crippen LogP contribution in [0.5, 0.6) is 0 Å². The highest BCUT2D eigenvalue weighted by atomic mass is 15.0. The average molecular weight is 228 g/mol. The van der Waals surface area contributed by atoms with E-state index in [1.165, 1.54) is 17.0 Å². The molecular formula is C15H20N2. The lowest BCUT2D eigenvalue weighted by molar-refractivity contribution is 0.647. The minimum absolute atomic E-state index is 0.922. The van der Waals surface area contributed by atoms with Gasteiger partial charge < -0.3 is 9.88 Å². The molecule has 1 aromatic carbocycles. The molecule has 90 valence electrons. The summed E-state index contributed by atoms with van der Waals surface area (Å²) >= 11 is 0. The highest BCUT2D eigenvalue weighted by Crippen LogP contribution is 2.08. The molecule has 2 heteroatoms. The van der Waals surface area contributed by atoms with Crippen molar-refractivity contribution in [1.29, 1.82) is 0 Å². The van der Waals surface area contributed by atoms with Crippen molar-refractivity contribution < 1.29 is 0 Å². The van der Waals surface area contributed by atoms with Crippen molar-refractivity contribution in [3.8, 4) is 0 Å². The first-order valence-electron chi connectivity index (χ1n) is 6.19. The minimum atomic E-state index is 0.922. The van der Waals surface area contributed by atoms with Gasteiger partial charge in [-0.25, -0.2) is 0 Å². The molecule has 1 heterocycles. The summed E-state index contributed by atoms with van der Waals surface area (Å²) in [7, 11) is 2.14. The van der Waals surface area contributed by atoms with E-state index in [2.05, 4.69) is 60.3 Å². The van der Waals surface area contributed by atoms with Crippen molar-refractivity contribution in [1.82, 2.24) is 9.88 Å². The van der Waals surface area contributed by atoms with Gasteiger partial charge in [0.05, 0.1) is 0 Å². The lowest BCUT2D eigenvalue weighted by atomic mass is 10.2. The first-order valence-corrected chi connectivity index (χ1v) is 6.19. The second kappa shape index (κ2) is 5.69. The molecular weight excluding hydrogens is 208 g/mol. The molecule has 0 saturated carbocycles. The van der Waals surface area contributed by atoms with Gasteiger partial charge >= 0.3 is 0 Å². The van der Waals surface area contributed by atoms with Gasteiger partial charge in [-0.3, -0.25) is 0 Å². The van der Waals surface area contributed by atoms with Crippen molar-refractivity contribution in [3.63, 3.8) is 0 Å². The van der Waals surface area contributed by atoms with Crippen LogP contribution in [0.1, 0.15) is 23.9 Å². The third-order valence-electron chi connectivity index (χ3n) is 3.17. The van der Waals surface area contributed by atoms with Crippen molar-refractivity contribution in [3.05, 3.63) is 59.4 Å². The molecule has 0 radical (unpaired) electrons. The van der Waals surface area contributed by atoms with E-state index >= 15 is 0 Å². The van der Waals surface area contributed by atoms with Crippen LogP contribution in [0.15, 0.2) is 42.5 Å². The highest BCUT2D eigenvalue weighted by molar-refractivity contribution is 5.17. The van der Waals surface area contributed by atoms with Crippen LogP contribution in [0.2, 0.25) is 0 Å². The summed E-state index contributed by atoms with van der Waals surface area (Å²) in [4.78, 5) is 0. The molecule has 1 aromatic heterocycles. The molecule has 0 amide bonds. The van der Waals surface area contributed by atoms with Crippen molar-refractivity contribution in [2.24, 2.45) is 7.05 Å². The Kier molecular flexibility index (Phi) is 3.99. The third kappa shape index (κ3) is 2.98.